The van der Waals surface area contributed by atoms with Gasteiger partial charge in [-0.1, -0.05) is 13.8 Å². The molecule has 0 saturated carbocycles. The van der Waals surface area contributed by atoms with Gasteiger partial charge in [-0.3, -0.25) is 0 Å². The number of aliphatic hydroxyl groups excluding tert-OH is 1. The molecule has 0 bridgehead atoms. The highest BCUT2D eigenvalue weighted by Gasteiger charge is 2.00. The van der Waals surface area contributed by atoms with Crippen molar-refractivity contribution in [3.63, 3.8) is 0 Å². The molecule has 0 unspecified atom stereocenters. The summed E-state index contributed by atoms with van der Waals surface area (Å²) < 4.78 is 0. The number of aliphatic hydroxyl groups is 1. The Bertz CT molecular complexity index is 248. The first-order valence-electron chi connectivity index (χ1n) is 4.47. The molecule has 3 nitrogen and oxygen atoms in total. The average Bonchev–Trinajstić information content (AvgIpc) is 2.52. The second-order valence-corrected chi connectivity index (χ2v) is 4.36. The maximum atomic E-state index is 8.79. The summed E-state index contributed by atoms with van der Waals surface area (Å²) in [7, 11) is 0. The van der Waals surface area contributed by atoms with Crippen molar-refractivity contribution in [3.8, 4) is 0 Å². The van der Waals surface area contributed by atoms with Gasteiger partial charge in [0.2, 0.25) is 0 Å². The lowest BCUT2D eigenvalue weighted by atomic mass is 10.2. The van der Waals surface area contributed by atoms with Gasteiger partial charge in [0.15, 0.2) is 0 Å². The van der Waals surface area contributed by atoms with Gasteiger partial charge in [0.1, 0.15) is 5.01 Å². The summed E-state index contributed by atoms with van der Waals surface area (Å²) in [6.45, 7) is 6.20. The van der Waals surface area contributed by atoms with E-state index in [0.717, 1.165) is 23.8 Å². The topological polar surface area (TPSA) is 45.1 Å². The Hall–Kier alpha value is -0.450. The van der Waals surface area contributed by atoms with Crippen molar-refractivity contribution in [2.75, 3.05) is 6.54 Å². The number of thiazole rings is 1. The molecule has 0 fully saturated rings. The van der Waals surface area contributed by atoms with E-state index in [9.17, 15) is 0 Å². The minimum Gasteiger partial charge on any atom is -0.389 e. The maximum Gasteiger partial charge on any atom is 0.118 e. The quantitative estimate of drug-likeness (QED) is 0.755. The first-order chi connectivity index (χ1) is 6.22. The second kappa shape index (κ2) is 5.32. The highest BCUT2D eigenvalue weighted by atomic mass is 32.1. The van der Waals surface area contributed by atoms with Crippen LogP contribution in [-0.4, -0.2) is 16.6 Å². The van der Waals surface area contributed by atoms with Crippen molar-refractivity contribution >= 4 is 11.3 Å². The minimum atomic E-state index is 0.0504. The third kappa shape index (κ3) is 3.85. The van der Waals surface area contributed by atoms with Gasteiger partial charge in [-0.05, 0) is 12.5 Å². The van der Waals surface area contributed by atoms with Gasteiger partial charge in [0.05, 0.1) is 12.3 Å². The smallest absolute Gasteiger partial charge is 0.118 e. The number of nitrogens with zero attached hydrogens (tertiary/aromatic N) is 1. The highest BCUT2D eigenvalue weighted by molar-refractivity contribution is 7.09. The van der Waals surface area contributed by atoms with Gasteiger partial charge in [0.25, 0.3) is 0 Å². The van der Waals surface area contributed by atoms with E-state index in [1.807, 2.05) is 5.38 Å². The van der Waals surface area contributed by atoms with Crippen LogP contribution in [-0.2, 0) is 13.2 Å². The normalized spacial score (nSPS) is 11.1. The molecule has 0 spiro atoms. The number of rotatable bonds is 5. The van der Waals surface area contributed by atoms with Crippen molar-refractivity contribution in [3.05, 3.63) is 16.1 Å². The predicted octanol–water partition coefficient (Wildman–Crippen LogP) is 1.38. The molecule has 0 atom stereocenters. The van der Waals surface area contributed by atoms with E-state index in [2.05, 4.69) is 24.1 Å². The first kappa shape index (κ1) is 10.6. The largest absolute Gasteiger partial charge is 0.389 e. The molecule has 0 aliphatic heterocycles. The summed E-state index contributed by atoms with van der Waals surface area (Å²) in [5.41, 5.74) is 1.02. The van der Waals surface area contributed by atoms with Gasteiger partial charge in [-0.25, -0.2) is 4.98 Å². The molecule has 0 aliphatic carbocycles. The van der Waals surface area contributed by atoms with Gasteiger partial charge in [0, 0.05) is 11.9 Å². The lowest BCUT2D eigenvalue weighted by Gasteiger charge is -2.04. The van der Waals surface area contributed by atoms with Crippen LogP contribution in [0.15, 0.2) is 5.38 Å². The molecule has 1 heterocycles. The maximum absolute atomic E-state index is 8.79. The van der Waals surface area contributed by atoms with E-state index in [1.54, 1.807) is 0 Å². The van der Waals surface area contributed by atoms with Crippen LogP contribution in [0.1, 0.15) is 24.5 Å². The standard InChI is InChI=1S/C9H16N2OS/c1-7(2)3-10-4-8-6-13-9(5-12)11-8/h6-7,10,12H,3-5H2,1-2H3. The minimum absolute atomic E-state index is 0.0504. The zero-order chi connectivity index (χ0) is 9.68. The van der Waals surface area contributed by atoms with Gasteiger partial charge < -0.3 is 10.4 Å². The van der Waals surface area contributed by atoms with Crippen LogP contribution < -0.4 is 5.32 Å². The Kier molecular flexibility index (Phi) is 4.35. The summed E-state index contributed by atoms with van der Waals surface area (Å²) in [4.78, 5) is 4.23. The summed E-state index contributed by atoms with van der Waals surface area (Å²) in [5.74, 6) is 0.663. The van der Waals surface area contributed by atoms with E-state index in [-0.39, 0.29) is 6.61 Å². The predicted molar refractivity (Wildman–Crippen MR) is 54.6 cm³/mol. The lowest BCUT2D eigenvalue weighted by Crippen LogP contribution is -2.19. The fraction of sp³-hybridized carbons (Fsp3) is 0.667. The monoisotopic (exact) mass is 200 g/mol. The van der Waals surface area contributed by atoms with E-state index in [4.69, 9.17) is 5.11 Å². The molecule has 0 aliphatic rings. The molecule has 0 amide bonds. The Labute approximate surface area is 82.8 Å². The zero-order valence-corrected chi connectivity index (χ0v) is 8.90. The van der Waals surface area contributed by atoms with Crippen LogP contribution in [0.4, 0.5) is 0 Å². The average molecular weight is 200 g/mol. The third-order valence-corrected chi connectivity index (χ3v) is 2.48. The fourth-order valence-electron chi connectivity index (χ4n) is 0.992. The summed E-state index contributed by atoms with van der Waals surface area (Å²) in [6, 6.07) is 0. The molecule has 1 rings (SSSR count). The van der Waals surface area contributed by atoms with E-state index in [0.29, 0.717) is 5.92 Å². The van der Waals surface area contributed by atoms with Crippen molar-refractivity contribution in [1.29, 1.82) is 0 Å². The molecular weight excluding hydrogens is 184 g/mol. The van der Waals surface area contributed by atoms with Gasteiger partial charge in [-0.2, -0.15) is 0 Å². The van der Waals surface area contributed by atoms with Gasteiger partial charge >= 0.3 is 0 Å². The first-order valence-corrected chi connectivity index (χ1v) is 5.35. The molecule has 74 valence electrons. The van der Waals surface area contributed by atoms with Crippen molar-refractivity contribution in [2.24, 2.45) is 5.92 Å². The van der Waals surface area contributed by atoms with Crippen LogP contribution in [0.2, 0.25) is 0 Å². The molecular formula is C9H16N2OS. The molecule has 1 aromatic heterocycles. The Morgan fingerprint density at radius 3 is 2.92 bits per heavy atom. The van der Waals surface area contributed by atoms with E-state index < -0.39 is 0 Å². The highest BCUT2D eigenvalue weighted by Crippen LogP contribution is 2.08. The molecule has 0 radical (unpaired) electrons. The second-order valence-electron chi connectivity index (χ2n) is 3.42. The number of hydrogen-bond acceptors (Lipinski definition) is 4. The van der Waals surface area contributed by atoms with Crippen molar-refractivity contribution in [1.82, 2.24) is 10.3 Å². The van der Waals surface area contributed by atoms with Crippen LogP contribution in [0, 0.1) is 5.92 Å². The SMILES string of the molecule is CC(C)CNCc1csc(CO)n1. The van der Waals surface area contributed by atoms with Crippen LogP contribution >= 0.6 is 11.3 Å². The summed E-state index contributed by atoms with van der Waals surface area (Å²) in [5, 5.41) is 14.9. The molecule has 13 heavy (non-hydrogen) atoms. The lowest BCUT2D eigenvalue weighted by molar-refractivity contribution is 0.281. The molecule has 2 N–H and O–H groups in total. The van der Waals surface area contributed by atoms with E-state index in [1.165, 1.54) is 11.3 Å². The molecule has 4 heteroatoms. The zero-order valence-electron chi connectivity index (χ0n) is 8.08. The van der Waals surface area contributed by atoms with Crippen LogP contribution in [0.3, 0.4) is 0 Å². The number of nitrogens with one attached hydrogen (secondary N) is 1. The number of hydrogen-bond donors (Lipinski definition) is 2. The Balaban J connectivity index is 2.28. The van der Waals surface area contributed by atoms with Gasteiger partial charge in [-0.15, -0.1) is 11.3 Å². The molecule has 1 aromatic rings. The fourth-order valence-corrected chi connectivity index (χ4v) is 1.64. The molecule has 0 saturated heterocycles. The van der Waals surface area contributed by atoms with Crippen molar-refractivity contribution < 1.29 is 5.11 Å². The van der Waals surface area contributed by atoms with E-state index >= 15 is 0 Å². The summed E-state index contributed by atoms with van der Waals surface area (Å²) in [6.07, 6.45) is 0. The number of aromatic nitrogens is 1. The molecule has 0 aromatic carbocycles. The van der Waals surface area contributed by atoms with Crippen LogP contribution in [0.5, 0.6) is 0 Å². The summed E-state index contributed by atoms with van der Waals surface area (Å²) >= 11 is 1.51. The van der Waals surface area contributed by atoms with Crippen molar-refractivity contribution in [2.45, 2.75) is 27.0 Å². The van der Waals surface area contributed by atoms with Crippen LogP contribution in [0.25, 0.3) is 0 Å². The third-order valence-electron chi connectivity index (χ3n) is 1.59. The Morgan fingerprint density at radius 1 is 1.62 bits per heavy atom. The Morgan fingerprint density at radius 2 is 2.38 bits per heavy atom.